The molecule has 3 aromatic rings. The fraction of sp³-hybridized carbons (Fsp3) is 0.333. The number of rotatable bonds is 5. The van der Waals surface area contributed by atoms with E-state index < -0.39 is 0 Å². The molecule has 0 spiro atoms. The van der Waals surface area contributed by atoms with Crippen molar-refractivity contribution in [1.82, 2.24) is 20.1 Å². The summed E-state index contributed by atoms with van der Waals surface area (Å²) in [7, 11) is 0. The number of nitrogens with one attached hydrogen (secondary N) is 1. The molecule has 2 aromatic heterocycles. The van der Waals surface area contributed by atoms with Gasteiger partial charge in [0.1, 0.15) is 6.54 Å². The Morgan fingerprint density at radius 3 is 2.68 bits per heavy atom. The van der Waals surface area contributed by atoms with Crippen LogP contribution < -0.4 is 10.9 Å². The largest absolute Gasteiger partial charge is 0.354 e. The third-order valence-electron chi connectivity index (χ3n) is 4.01. The van der Waals surface area contributed by atoms with E-state index in [0.717, 1.165) is 21.8 Å². The first-order valence-corrected chi connectivity index (χ1v) is 8.99. The van der Waals surface area contributed by atoms with Crippen LogP contribution in [-0.4, -0.2) is 27.2 Å². The van der Waals surface area contributed by atoms with Crippen LogP contribution in [0.1, 0.15) is 29.2 Å². The average Bonchev–Trinajstić information content (AvgIpc) is 3.04. The van der Waals surface area contributed by atoms with Crippen molar-refractivity contribution in [3.63, 3.8) is 0 Å². The molecule has 0 saturated heterocycles. The summed E-state index contributed by atoms with van der Waals surface area (Å²) < 4.78 is 1.23. The fourth-order valence-corrected chi connectivity index (χ4v) is 3.51. The third-order valence-corrected chi connectivity index (χ3v) is 5.20. The van der Waals surface area contributed by atoms with Crippen molar-refractivity contribution in [3.8, 4) is 0 Å². The molecule has 0 aliphatic carbocycles. The summed E-state index contributed by atoms with van der Waals surface area (Å²) in [5, 5.41) is 11.5. The van der Waals surface area contributed by atoms with Crippen LogP contribution in [0.4, 0.5) is 0 Å². The highest BCUT2D eigenvalue weighted by Crippen LogP contribution is 2.18. The van der Waals surface area contributed by atoms with Gasteiger partial charge in [0.05, 0.1) is 16.1 Å². The van der Waals surface area contributed by atoms with E-state index in [1.807, 2.05) is 44.4 Å². The summed E-state index contributed by atoms with van der Waals surface area (Å²) in [4.78, 5) is 29.1. The molecule has 0 bridgehead atoms. The van der Waals surface area contributed by atoms with Gasteiger partial charge >= 0.3 is 0 Å². The second-order valence-electron chi connectivity index (χ2n) is 6.13. The first kappa shape index (κ1) is 17.3. The number of benzene rings is 1. The molecule has 0 aliphatic rings. The smallest absolute Gasteiger partial charge is 0.275 e. The number of carbonyl (C=O) groups is 1. The number of hydrogen-bond acceptors (Lipinski definition) is 5. The minimum absolute atomic E-state index is 0.0892. The van der Waals surface area contributed by atoms with Crippen molar-refractivity contribution >= 4 is 28.0 Å². The molecule has 0 aliphatic heterocycles. The molecule has 3 rings (SSSR count). The molecule has 0 fully saturated rings. The van der Waals surface area contributed by atoms with Crippen molar-refractivity contribution in [2.75, 3.05) is 6.54 Å². The number of aromatic nitrogens is 3. The van der Waals surface area contributed by atoms with E-state index in [4.69, 9.17) is 0 Å². The summed E-state index contributed by atoms with van der Waals surface area (Å²) in [5.74, 6) is -0.102. The van der Waals surface area contributed by atoms with Gasteiger partial charge in [-0.2, -0.15) is 5.10 Å². The first-order chi connectivity index (χ1) is 12.0. The molecule has 2 heterocycles. The molecular formula is C18H20N4O2S. The molecule has 1 atom stereocenters. The standard InChI is InChI=1S/C18H20N4O2S/c1-11(17-20-12(2)10-25-17)8-19-16(23)9-22-18(24)15-7-5-4-6-14(15)13(3)21-22/h4-7,10-11H,8-9H2,1-3H3,(H,19,23)/t11-/m1/s1. The maximum Gasteiger partial charge on any atom is 0.275 e. The van der Waals surface area contributed by atoms with Crippen molar-refractivity contribution in [2.45, 2.75) is 33.2 Å². The number of carbonyl (C=O) groups excluding carboxylic acids is 1. The van der Waals surface area contributed by atoms with Crippen molar-refractivity contribution in [2.24, 2.45) is 0 Å². The normalized spacial score (nSPS) is 12.3. The topological polar surface area (TPSA) is 76.9 Å². The van der Waals surface area contributed by atoms with Gasteiger partial charge in [0, 0.05) is 28.9 Å². The maximum absolute atomic E-state index is 12.5. The average molecular weight is 356 g/mol. The number of fused-ring (bicyclic) bond motifs is 1. The fourth-order valence-electron chi connectivity index (χ4n) is 2.66. The quantitative estimate of drug-likeness (QED) is 0.761. The number of aryl methyl sites for hydroxylation is 2. The van der Waals surface area contributed by atoms with Gasteiger partial charge in [-0.25, -0.2) is 9.67 Å². The number of nitrogens with zero attached hydrogens (tertiary/aromatic N) is 3. The number of hydrogen-bond donors (Lipinski definition) is 1. The Morgan fingerprint density at radius 1 is 1.28 bits per heavy atom. The lowest BCUT2D eigenvalue weighted by Crippen LogP contribution is -2.35. The van der Waals surface area contributed by atoms with Gasteiger partial charge in [0.15, 0.2) is 0 Å². The summed E-state index contributed by atoms with van der Waals surface area (Å²) >= 11 is 1.59. The summed E-state index contributed by atoms with van der Waals surface area (Å²) in [5.41, 5.74) is 1.47. The van der Waals surface area contributed by atoms with E-state index in [2.05, 4.69) is 15.4 Å². The van der Waals surface area contributed by atoms with Crippen LogP contribution in [0, 0.1) is 13.8 Å². The van der Waals surface area contributed by atoms with Crippen LogP contribution in [-0.2, 0) is 11.3 Å². The third kappa shape index (κ3) is 3.76. The van der Waals surface area contributed by atoms with Crippen molar-refractivity contribution < 1.29 is 4.79 Å². The number of amides is 1. The Balaban J connectivity index is 1.70. The van der Waals surface area contributed by atoms with E-state index in [-0.39, 0.29) is 23.9 Å². The van der Waals surface area contributed by atoms with E-state index in [1.54, 1.807) is 17.4 Å². The SMILES string of the molecule is Cc1csc([C@H](C)CNC(=O)Cn2nc(C)c3ccccc3c2=O)n1. The van der Waals surface area contributed by atoms with E-state index in [0.29, 0.717) is 11.9 Å². The second kappa shape index (κ2) is 7.14. The zero-order valence-electron chi connectivity index (χ0n) is 14.4. The zero-order valence-corrected chi connectivity index (χ0v) is 15.3. The molecule has 1 N–H and O–H groups in total. The van der Waals surface area contributed by atoms with E-state index in [9.17, 15) is 9.59 Å². The van der Waals surface area contributed by atoms with Crippen LogP contribution in [0.2, 0.25) is 0 Å². The molecule has 130 valence electrons. The lowest BCUT2D eigenvalue weighted by Gasteiger charge is -2.12. The molecule has 0 saturated carbocycles. The van der Waals surface area contributed by atoms with Crippen LogP contribution in [0.5, 0.6) is 0 Å². The first-order valence-electron chi connectivity index (χ1n) is 8.11. The van der Waals surface area contributed by atoms with Gasteiger partial charge in [0.2, 0.25) is 5.91 Å². The Bertz CT molecular complexity index is 977. The van der Waals surface area contributed by atoms with Crippen LogP contribution in [0.25, 0.3) is 10.8 Å². The molecule has 6 nitrogen and oxygen atoms in total. The summed E-state index contributed by atoms with van der Waals surface area (Å²) in [6.07, 6.45) is 0. The molecular weight excluding hydrogens is 336 g/mol. The predicted molar refractivity (Wildman–Crippen MR) is 99.0 cm³/mol. The Labute approximate surface area is 149 Å². The molecule has 7 heteroatoms. The van der Waals surface area contributed by atoms with Gasteiger partial charge < -0.3 is 5.32 Å². The summed E-state index contributed by atoms with van der Waals surface area (Å²) in [6.45, 7) is 6.19. The van der Waals surface area contributed by atoms with E-state index in [1.165, 1.54) is 4.68 Å². The minimum Gasteiger partial charge on any atom is -0.354 e. The Kier molecular flexibility index (Phi) is 4.94. The maximum atomic E-state index is 12.5. The van der Waals surface area contributed by atoms with Crippen LogP contribution >= 0.6 is 11.3 Å². The molecule has 25 heavy (non-hydrogen) atoms. The Morgan fingerprint density at radius 2 is 2.00 bits per heavy atom. The second-order valence-corrected chi connectivity index (χ2v) is 7.02. The lowest BCUT2D eigenvalue weighted by atomic mass is 10.1. The zero-order chi connectivity index (χ0) is 18.0. The van der Waals surface area contributed by atoms with Gasteiger partial charge in [-0.3, -0.25) is 9.59 Å². The summed E-state index contributed by atoms with van der Waals surface area (Å²) in [6, 6.07) is 7.30. The van der Waals surface area contributed by atoms with Gasteiger partial charge in [-0.05, 0) is 19.9 Å². The molecule has 0 radical (unpaired) electrons. The Hall–Kier alpha value is -2.54. The minimum atomic E-state index is -0.250. The number of thiazole rings is 1. The predicted octanol–water partition coefficient (Wildman–Crippen LogP) is 2.39. The van der Waals surface area contributed by atoms with Crippen molar-refractivity contribution in [3.05, 3.63) is 56.4 Å². The molecule has 1 aromatic carbocycles. The highest BCUT2D eigenvalue weighted by Gasteiger charge is 2.13. The highest BCUT2D eigenvalue weighted by atomic mass is 32.1. The van der Waals surface area contributed by atoms with Crippen LogP contribution in [0.15, 0.2) is 34.4 Å². The van der Waals surface area contributed by atoms with E-state index >= 15 is 0 Å². The highest BCUT2D eigenvalue weighted by molar-refractivity contribution is 7.09. The monoisotopic (exact) mass is 356 g/mol. The van der Waals surface area contributed by atoms with Gasteiger partial charge in [-0.1, -0.05) is 25.1 Å². The lowest BCUT2D eigenvalue weighted by molar-refractivity contribution is -0.121. The van der Waals surface area contributed by atoms with Gasteiger partial charge in [-0.15, -0.1) is 11.3 Å². The van der Waals surface area contributed by atoms with Crippen LogP contribution in [0.3, 0.4) is 0 Å². The molecule has 1 amide bonds. The molecule has 0 unspecified atom stereocenters. The van der Waals surface area contributed by atoms with Gasteiger partial charge in [0.25, 0.3) is 5.56 Å². The van der Waals surface area contributed by atoms with Crippen molar-refractivity contribution in [1.29, 1.82) is 0 Å².